The van der Waals surface area contributed by atoms with E-state index >= 15 is 0 Å². The monoisotopic (exact) mass is 466 g/mol. The largest absolute Gasteiger partial charge is 0.496 e. The highest BCUT2D eigenvalue weighted by molar-refractivity contribution is 9.10. The molecule has 1 N–H and O–H groups in total. The normalized spacial score (nSPS) is 10.8. The summed E-state index contributed by atoms with van der Waals surface area (Å²) in [5, 5.41) is 2.89. The molecule has 0 aliphatic rings. The third-order valence-electron chi connectivity index (χ3n) is 4.47. The number of methoxy groups -OCH3 is 1. The highest BCUT2D eigenvalue weighted by atomic mass is 79.9. The predicted molar refractivity (Wildman–Crippen MR) is 119 cm³/mol. The lowest BCUT2D eigenvalue weighted by Gasteiger charge is -2.06. The van der Waals surface area contributed by atoms with Crippen molar-refractivity contribution in [3.05, 3.63) is 70.7 Å². The first-order chi connectivity index (χ1) is 14.6. The van der Waals surface area contributed by atoms with Gasteiger partial charge in [-0.1, -0.05) is 0 Å². The summed E-state index contributed by atoms with van der Waals surface area (Å²) in [6.07, 6.45) is 0. The first kappa shape index (κ1) is 20.0. The van der Waals surface area contributed by atoms with Crippen molar-refractivity contribution in [2.75, 3.05) is 19.0 Å². The van der Waals surface area contributed by atoms with Crippen molar-refractivity contribution in [3.63, 3.8) is 0 Å². The van der Waals surface area contributed by atoms with Gasteiger partial charge in [-0.25, -0.2) is 4.98 Å². The molecule has 0 atom stereocenters. The van der Waals surface area contributed by atoms with Crippen LogP contribution < -0.4 is 14.8 Å². The zero-order chi connectivity index (χ0) is 21.1. The number of fused-ring (bicyclic) bond motifs is 1. The van der Waals surface area contributed by atoms with Crippen molar-refractivity contribution >= 4 is 38.6 Å². The van der Waals surface area contributed by atoms with Gasteiger partial charge in [0.2, 0.25) is 5.89 Å². The maximum Gasteiger partial charge on any atom is 0.255 e. The number of amides is 1. The molecule has 0 bridgehead atoms. The predicted octanol–water partition coefficient (Wildman–Crippen LogP) is 5.92. The zero-order valence-electron chi connectivity index (χ0n) is 16.4. The van der Waals surface area contributed by atoms with Gasteiger partial charge in [-0.2, -0.15) is 0 Å². The maximum absolute atomic E-state index is 12.5. The summed E-state index contributed by atoms with van der Waals surface area (Å²) < 4.78 is 17.3. The van der Waals surface area contributed by atoms with Crippen LogP contribution in [-0.2, 0) is 0 Å². The average molecular weight is 467 g/mol. The minimum absolute atomic E-state index is 0.208. The van der Waals surface area contributed by atoms with E-state index in [0.717, 1.165) is 21.5 Å². The van der Waals surface area contributed by atoms with Crippen LogP contribution in [0.15, 0.2) is 69.6 Å². The number of halogens is 1. The van der Waals surface area contributed by atoms with Crippen LogP contribution in [0.4, 0.5) is 5.69 Å². The number of anilines is 1. The van der Waals surface area contributed by atoms with E-state index in [2.05, 4.69) is 26.2 Å². The molecule has 1 aromatic heterocycles. The van der Waals surface area contributed by atoms with Gasteiger partial charge in [-0.15, -0.1) is 0 Å². The van der Waals surface area contributed by atoms with Crippen molar-refractivity contribution in [1.29, 1.82) is 0 Å². The van der Waals surface area contributed by atoms with Gasteiger partial charge in [-0.3, -0.25) is 4.79 Å². The molecule has 6 nitrogen and oxygen atoms in total. The Bertz CT molecular complexity index is 1200. The smallest absolute Gasteiger partial charge is 0.255 e. The number of hydrogen-bond acceptors (Lipinski definition) is 5. The van der Waals surface area contributed by atoms with Crippen LogP contribution in [-0.4, -0.2) is 24.6 Å². The summed E-state index contributed by atoms with van der Waals surface area (Å²) in [4.78, 5) is 17.1. The van der Waals surface area contributed by atoms with Gasteiger partial charge in [-0.05, 0) is 83.5 Å². The van der Waals surface area contributed by atoms with E-state index in [-0.39, 0.29) is 5.91 Å². The van der Waals surface area contributed by atoms with Gasteiger partial charge in [0.25, 0.3) is 5.91 Å². The number of ether oxygens (including phenoxy) is 2. The van der Waals surface area contributed by atoms with Crippen molar-refractivity contribution in [3.8, 4) is 23.0 Å². The molecule has 0 saturated heterocycles. The van der Waals surface area contributed by atoms with Gasteiger partial charge in [0, 0.05) is 16.8 Å². The lowest BCUT2D eigenvalue weighted by molar-refractivity contribution is 0.102. The Morgan fingerprint density at radius 1 is 1.10 bits per heavy atom. The minimum atomic E-state index is -0.208. The van der Waals surface area contributed by atoms with Crippen molar-refractivity contribution < 1.29 is 18.7 Å². The second-order valence-corrected chi connectivity index (χ2v) is 7.32. The molecular weight excluding hydrogens is 448 g/mol. The first-order valence-electron chi connectivity index (χ1n) is 9.36. The van der Waals surface area contributed by atoms with Crippen LogP contribution in [0.1, 0.15) is 17.3 Å². The molecule has 0 unspecified atom stereocenters. The summed E-state index contributed by atoms with van der Waals surface area (Å²) in [5.41, 5.74) is 3.29. The number of rotatable bonds is 6. The molecule has 4 rings (SSSR count). The zero-order valence-corrected chi connectivity index (χ0v) is 18.0. The van der Waals surface area contributed by atoms with Gasteiger partial charge in [0.15, 0.2) is 5.58 Å². The van der Waals surface area contributed by atoms with E-state index in [1.165, 1.54) is 0 Å². The second kappa shape index (κ2) is 8.59. The van der Waals surface area contributed by atoms with E-state index in [4.69, 9.17) is 13.9 Å². The van der Waals surface area contributed by atoms with E-state index in [1.54, 1.807) is 49.6 Å². The molecule has 0 fully saturated rings. The molecule has 0 saturated carbocycles. The highest BCUT2D eigenvalue weighted by Crippen LogP contribution is 2.32. The molecule has 1 heterocycles. The standard InChI is InChI=1S/C23H19BrN2O4/c1-3-29-17-8-4-14(5-9-17)22(27)25-16-7-11-21-19(13-16)26-23(30-21)15-6-10-20(28-2)18(24)12-15/h4-13H,3H2,1-2H3,(H,25,27). The molecule has 0 aliphatic carbocycles. The third kappa shape index (κ3) is 4.16. The quantitative estimate of drug-likeness (QED) is 0.381. The number of benzene rings is 3. The van der Waals surface area contributed by atoms with Crippen molar-refractivity contribution in [2.24, 2.45) is 0 Å². The number of aromatic nitrogens is 1. The number of hydrogen-bond donors (Lipinski definition) is 1. The van der Waals surface area contributed by atoms with E-state index < -0.39 is 0 Å². The lowest BCUT2D eigenvalue weighted by atomic mass is 10.2. The van der Waals surface area contributed by atoms with Crippen LogP contribution in [0.2, 0.25) is 0 Å². The van der Waals surface area contributed by atoms with Gasteiger partial charge >= 0.3 is 0 Å². The highest BCUT2D eigenvalue weighted by Gasteiger charge is 2.12. The Balaban J connectivity index is 1.55. The molecule has 30 heavy (non-hydrogen) atoms. The summed E-state index contributed by atoms with van der Waals surface area (Å²) in [6.45, 7) is 2.50. The fourth-order valence-electron chi connectivity index (χ4n) is 3.00. The second-order valence-electron chi connectivity index (χ2n) is 6.46. The molecule has 152 valence electrons. The van der Waals surface area contributed by atoms with Crippen LogP contribution in [0.3, 0.4) is 0 Å². The molecule has 7 heteroatoms. The topological polar surface area (TPSA) is 73.6 Å². The Labute approximate surface area is 182 Å². The number of nitrogens with zero attached hydrogens (tertiary/aromatic N) is 1. The van der Waals surface area contributed by atoms with Crippen molar-refractivity contribution in [2.45, 2.75) is 6.92 Å². The fourth-order valence-corrected chi connectivity index (χ4v) is 3.54. The first-order valence-corrected chi connectivity index (χ1v) is 10.2. The van der Waals surface area contributed by atoms with Crippen LogP contribution in [0.25, 0.3) is 22.6 Å². The molecule has 0 spiro atoms. The number of oxazole rings is 1. The SMILES string of the molecule is CCOc1ccc(C(=O)Nc2ccc3oc(-c4ccc(OC)c(Br)c4)nc3c2)cc1. The number of nitrogens with one attached hydrogen (secondary N) is 1. The maximum atomic E-state index is 12.5. The van der Waals surface area contributed by atoms with Gasteiger partial charge in [0.1, 0.15) is 17.0 Å². The summed E-state index contributed by atoms with van der Waals surface area (Å²) in [5.74, 6) is 1.74. The molecule has 0 aliphatic heterocycles. The number of carbonyl (C=O) groups excluding carboxylic acids is 1. The van der Waals surface area contributed by atoms with Crippen LogP contribution >= 0.6 is 15.9 Å². The van der Waals surface area contributed by atoms with E-state index in [9.17, 15) is 4.79 Å². The Kier molecular flexibility index (Phi) is 5.72. The number of carbonyl (C=O) groups is 1. The Hall–Kier alpha value is -3.32. The fraction of sp³-hybridized carbons (Fsp3) is 0.130. The molecule has 0 radical (unpaired) electrons. The lowest BCUT2D eigenvalue weighted by Crippen LogP contribution is -2.11. The minimum Gasteiger partial charge on any atom is -0.496 e. The van der Waals surface area contributed by atoms with Gasteiger partial charge in [0.05, 0.1) is 18.2 Å². The molecule has 3 aromatic carbocycles. The van der Waals surface area contributed by atoms with Crippen LogP contribution in [0, 0.1) is 0 Å². The Morgan fingerprint density at radius 2 is 1.90 bits per heavy atom. The van der Waals surface area contributed by atoms with E-state index in [0.29, 0.717) is 34.8 Å². The summed E-state index contributed by atoms with van der Waals surface area (Å²) >= 11 is 3.47. The van der Waals surface area contributed by atoms with Crippen molar-refractivity contribution in [1.82, 2.24) is 4.98 Å². The summed E-state index contributed by atoms with van der Waals surface area (Å²) in [6, 6.07) is 18.0. The molecule has 4 aromatic rings. The van der Waals surface area contributed by atoms with Crippen LogP contribution in [0.5, 0.6) is 11.5 Å². The van der Waals surface area contributed by atoms with Gasteiger partial charge < -0.3 is 19.2 Å². The Morgan fingerprint density at radius 3 is 2.60 bits per heavy atom. The summed E-state index contributed by atoms with van der Waals surface area (Å²) in [7, 11) is 1.61. The van der Waals surface area contributed by atoms with E-state index in [1.807, 2.05) is 25.1 Å². The molecular formula is C23H19BrN2O4. The average Bonchev–Trinajstić information content (AvgIpc) is 3.18. The third-order valence-corrected chi connectivity index (χ3v) is 5.09. The molecule has 1 amide bonds.